The van der Waals surface area contributed by atoms with Gasteiger partial charge in [-0.15, -0.1) is 0 Å². The number of oxazole rings is 1. The molecular formula is C16H24N2O2. The fraction of sp³-hybridized carbons (Fsp3) is 0.562. The van der Waals surface area contributed by atoms with Crippen LogP contribution >= 0.6 is 0 Å². The molecule has 2 aromatic rings. The van der Waals surface area contributed by atoms with Gasteiger partial charge in [0.05, 0.1) is 5.52 Å². The Balaban J connectivity index is 2.21. The van der Waals surface area contributed by atoms with E-state index in [1.807, 2.05) is 12.1 Å². The molecule has 1 atom stereocenters. The van der Waals surface area contributed by atoms with Crippen LogP contribution in [0.5, 0.6) is 0 Å². The number of nitrogens with one attached hydrogen (secondary N) is 2. The van der Waals surface area contributed by atoms with E-state index in [4.69, 9.17) is 4.42 Å². The van der Waals surface area contributed by atoms with Crippen molar-refractivity contribution in [3.8, 4) is 0 Å². The van der Waals surface area contributed by atoms with E-state index in [-0.39, 0.29) is 0 Å². The molecule has 0 aliphatic rings. The number of aromatic nitrogens is 1. The van der Waals surface area contributed by atoms with Gasteiger partial charge in [-0.1, -0.05) is 26.8 Å². The molecule has 0 amide bonds. The summed E-state index contributed by atoms with van der Waals surface area (Å²) in [4.78, 5) is 13.9. The molecule has 0 radical (unpaired) electrons. The van der Waals surface area contributed by atoms with Crippen molar-refractivity contribution in [2.75, 3.05) is 6.54 Å². The topological polar surface area (TPSA) is 58.0 Å². The molecule has 4 nitrogen and oxygen atoms in total. The van der Waals surface area contributed by atoms with Crippen LogP contribution in [0.2, 0.25) is 0 Å². The van der Waals surface area contributed by atoms with Gasteiger partial charge in [0.1, 0.15) is 0 Å². The van der Waals surface area contributed by atoms with Crippen LogP contribution in [0.3, 0.4) is 0 Å². The fourth-order valence-electron chi connectivity index (χ4n) is 2.38. The third kappa shape index (κ3) is 3.73. The van der Waals surface area contributed by atoms with Gasteiger partial charge in [-0.05, 0) is 49.4 Å². The van der Waals surface area contributed by atoms with E-state index in [1.165, 1.54) is 12.0 Å². The Bertz CT molecular complexity index is 598. The first-order valence-corrected chi connectivity index (χ1v) is 7.46. The lowest BCUT2D eigenvalue weighted by Gasteiger charge is -2.20. The van der Waals surface area contributed by atoms with E-state index in [1.54, 1.807) is 0 Å². The van der Waals surface area contributed by atoms with Crippen LogP contribution in [0.15, 0.2) is 27.4 Å². The maximum Gasteiger partial charge on any atom is 0.417 e. The van der Waals surface area contributed by atoms with Crippen molar-refractivity contribution in [3.05, 3.63) is 34.3 Å². The SMILES string of the molecule is CCCNC(CCC(C)C)c1ccc2[nH]c(=O)oc2c1. The van der Waals surface area contributed by atoms with Crippen molar-refractivity contribution >= 4 is 11.1 Å². The molecule has 1 aromatic heterocycles. The van der Waals surface area contributed by atoms with Gasteiger partial charge in [-0.2, -0.15) is 0 Å². The lowest BCUT2D eigenvalue weighted by molar-refractivity contribution is 0.440. The highest BCUT2D eigenvalue weighted by Crippen LogP contribution is 2.24. The summed E-state index contributed by atoms with van der Waals surface area (Å²) in [5.74, 6) is 0.298. The maximum atomic E-state index is 11.2. The zero-order chi connectivity index (χ0) is 14.5. The Labute approximate surface area is 119 Å². The third-order valence-electron chi connectivity index (χ3n) is 3.52. The van der Waals surface area contributed by atoms with Gasteiger partial charge >= 0.3 is 5.76 Å². The van der Waals surface area contributed by atoms with Crippen molar-refractivity contribution in [1.82, 2.24) is 10.3 Å². The van der Waals surface area contributed by atoms with Gasteiger partial charge in [0.25, 0.3) is 0 Å². The molecule has 0 aliphatic heterocycles. The average molecular weight is 276 g/mol. The van der Waals surface area contributed by atoms with E-state index in [2.05, 4.69) is 37.1 Å². The summed E-state index contributed by atoms with van der Waals surface area (Å²) in [6.07, 6.45) is 3.38. The number of aromatic amines is 1. The summed E-state index contributed by atoms with van der Waals surface area (Å²) in [5, 5.41) is 3.58. The zero-order valence-corrected chi connectivity index (χ0v) is 12.5. The molecule has 2 rings (SSSR count). The van der Waals surface area contributed by atoms with Crippen molar-refractivity contribution in [3.63, 3.8) is 0 Å². The quantitative estimate of drug-likeness (QED) is 0.812. The summed E-state index contributed by atoms with van der Waals surface area (Å²) in [5.41, 5.74) is 2.59. The van der Waals surface area contributed by atoms with E-state index in [0.717, 1.165) is 24.9 Å². The number of benzene rings is 1. The number of rotatable bonds is 7. The van der Waals surface area contributed by atoms with Crippen molar-refractivity contribution in [1.29, 1.82) is 0 Å². The number of hydrogen-bond donors (Lipinski definition) is 2. The second-order valence-electron chi connectivity index (χ2n) is 5.75. The highest BCUT2D eigenvalue weighted by molar-refractivity contribution is 5.72. The summed E-state index contributed by atoms with van der Waals surface area (Å²) in [6.45, 7) is 7.65. The summed E-state index contributed by atoms with van der Waals surface area (Å²) >= 11 is 0. The van der Waals surface area contributed by atoms with Crippen LogP contribution in [-0.2, 0) is 0 Å². The Morgan fingerprint density at radius 1 is 1.30 bits per heavy atom. The van der Waals surface area contributed by atoms with Gasteiger partial charge < -0.3 is 9.73 Å². The monoisotopic (exact) mass is 276 g/mol. The predicted molar refractivity (Wildman–Crippen MR) is 81.9 cm³/mol. The molecule has 0 saturated heterocycles. The minimum Gasteiger partial charge on any atom is -0.408 e. The number of H-pyrrole nitrogens is 1. The Morgan fingerprint density at radius 3 is 2.80 bits per heavy atom. The molecule has 110 valence electrons. The Morgan fingerprint density at radius 2 is 2.10 bits per heavy atom. The largest absolute Gasteiger partial charge is 0.417 e. The maximum absolute atomic E-state index is 11.2. The molecule has 20 heavy (non-hydrogen) atoms. The molecular weight excluding hydrogens is 252 g/mol. The summed E-state index contributed by atoms with van der Waals surface area (Å²) in [7, 11) is 0. The molecule has 1 unspecified atom stereocenters. The van der Waals surface area contributed by atoms with Gasteiger partial charge in [0.2, 0.25) is 0 Å². The summed E-state index contributed by atoms with van der Waals surface area (Å²) in [6, 6.07) is 6.29. The smallest absolute Gasteiger partial charge is 0.408 e. The second-order valence-corrected chi connectivity index (χ2v) is 5.75. The first kappa shape index (κ1) is 14.9. The number of hydrogen-bond acceptors (Lipinski definition) is 3. The molecule has 2 N–H and O–H groups in total. The minimum absolute atomic E-state index is 0.321. The van der Waals surface area contributed by atoms with Gasteiger partial charge in [-0.3, -0.25) is 4.98 Å². The molecule has 1 heterocycles. The molecule has 0 saturated carbocycles. The predicted octanol–water partition coefficient (Wildman–Crippen LogP) is 3.60. The first-order valence-electron chi connectivity index (χ1n) is 7.46. The fourth-order valence-corrected chi connectivity index (χ4v) is 2.38. The van der Waals surface area contributed by atoms with E-state index < -0.39 is 5.76 Å². The van der Waals surface area contributed by atoms with Crippen LogP contribution in [0.1, 0.15) is 51.6 Å². The van der Waals surface area contributed by atoms with Crippen molar-refractivity contribution in [2.24, 2.45) is 5.92 Å². The number of fused-ring (bicyclic) bond motifs is 1. The normalized spacial score (nSPS) is 13.2. The highest BCUT2D eigenvalue weighted by atomic mass is 16.4. The van der Waals surface area contributed by atoms with Crippen molar-refractivity contribution < 1.29 is 4.42 Å². The molecule has 0 fully saturated rings. The first-order chi connectivity index (χ1) is 9.60. The molecule has 4 heteroatoms. The lowest BCUT2D eigenvalue weighted by Crippen LogP contribution is -2.22. The molecule has 1 aromatic carbocycles. The second kappa shape index (κ2) is 6.75. The Kier molecular flexibility index (Phi) is 5.01. The Hall–Kier alpha value is -1.55. The van der Waals surface area contributed by atoms with Crippen LogP contribution < -0.4 is 11.1 Å². The van der Waals surface area contributed by atoms with Crippen LogP contribution in [0.25, 0.3) is 11.1 Å². The standard InChI is InChI=1S/C16H24N2O2/c1-4-9-17-13(7-5-11(2)3)12-6-8-14-15(10-12)20-16(19)18-14/h6,8,10-11,13,17H,4-5,7,9H2,1-3H3,(H,18,19). The van der Waals surface area contributed by atoms with Gasteiger partial charge in [-0.25, -0.2) is 4.79 Å². The van der Waals surface area contributed by atoms with Gasteiger partial charge in [0.15, 0.2) is 5.58 Å². The van der Waals surface area contributed by atoms with Crippen molar-refractivity contribution in [2.45, 2.75) is 46.1 Å². The molecule has 0 bridgehead atoms. The zero-order valence-electron chi connectivity index (χ0n) is 12.5. The van der Waals surface area contributed by atoms with Crippen LogP contribution in [0, 0.1) is 5.92 Å². The molecule has 0 aliphatic carbocycles. The van der Waals surface area contributed by atoms with Crippen LogP contribution in [0.4, 0.5) is 0 Å². The molecule has 0 spiro atoms. The van der Waals surface area contributed by atoms with E-state index in [9.17, 15) is 4.79 Å². The van der Waals surface area contributed by atoms with E-state index >= 15 is 0 Å². The summed E-state index contributed by atoms with van der Waals surface area (Å²) < 4.78 is 5.15. The van der Waals surface area contributed by atoms with Crippen LogP contribution in [-0.4, -0.2) is 11.5 Å². The average Bonchev–Trinajstić information content (AvgIpc) is 2.77. The third-order valence-corrected chi connectivity index (χ3v) is 3.52. The minimum atomic E-state index is -0.391. The lowest BCUT2D eigenvalue weighted by atomic mass is 9.97. The van der Waals surface area contributed by atoms with E-state index in [0.29, 0.717) is 17.5 Å². The van der Waals surface area contributed by atoms with Gasteiger partial charge in [0, 0.05) is 6.04 Å². The highest BCUT2D eigenvalue weighted by Gasteiger charge is 2.13.